The number of carbonyl (C=O) groups is 1. The van der Waals surface area contributed by atoms with Gasteiger partial charge >= 0.3 is 0 Å². The highest BCUT2D eigenvalue weighted by Crippen LogP contribution is 2.31. The van der Waals surface area contributed by atoms with Crippen LogP contribution in [-0.2, 0) is 11.3 Å². The van der Waals surface area contributed by atoms with E-state index in [9.17, 15) is 9.59 Å². The molecule has 0 unspecified atom stereocenters. The van der Waals surface area contributed by atoms with Gasteiger partial charge in [-0.25, -0.2) is 0 Å². The Kier molecular flexibility index (Phi) is 8.12. The molecule has 1 aromatic heterocycles. The van der Waals surface area contributed by atoms with Crippen molar-refractivity contribution in [2.24, 2.45) is 5.92 Å². The Labute approximate surface area is 188 Å². The Hall–Kier alpha value is -2.35. The molecular formula is C23H33N3O4S. The van der Waals surface area contributed by atoms with Crippen LogP contribution in [0.3, 0.4) is 0 Å². The number of fused-ring (bicyclic) bond motifs is 1. The number of ether oxygens (including phenoxy) is 2. The Morgan fingerprint density at radius 1 is 1.19 bits per heavy atom. The summed E-state index contributed by atoms with van der Waals surface area (Å²) in [6, 6.07) is 3.72. The molecule has 31 heavy (non-hydrogen) atoms. The predicted octanol–water partition coefficient (Wildman–Crippen LogP) is 4.33. The van der Waals surface area contributed by atoms with Crippen LogP contribution in [0.5, 0.6) is 11.5 Å². The maximum atomic E-state index is 13.1. The maximum absolute atomic E-state index is 13.1. The molecule has 170 valence electrons. The van der Waals surface area contributed by atoms with Crippen LogP contribution in [0.25, 0.3) is 10.9 Å². The number of amides is 1. The first-order valence-corrected chi connectivity index (χ1v) is 11.7. The first-order chi connectivity index (χ1) is 14.9. The van der Waals surface area contributed by atoms with Gasteiger partial charge in [0.1, 0.15) is 0 Å². The zero-order valence-electron chi connectivity index (χ0n) is 18.7. The molecule has 1 aromatic carbocycles. The number of rotatable bonds is 9. The standard InChI is InChI=1S/C23H33N3O4S/c1-4-29-19-13-16-18(14-20(19)30-5-2)25-23(31)26(22(16)28)12-8-11-21(27)24-17-10-7-6-9-15(17)3/h13-15,17H,4-12H2,1-3H3,(H,24,27)(H,25,31)/t15-,17-/m1/s1. The number of carbonyl (C=O) groups excluding carboxylic acids is 1. The van der Waals surface area contributed by atoms with Gasteiger partial charge in [-0.3, -0.25) is 14.2 Å². The lowest BCUT2D eigenvalue weighted by molar-refractivity contribution is -0.122. The summed E-state index contributed by atoms with van der Waals surface area (Å²) in [5.41, 5.74) is 0.422. The summed E-state index contributed by atoms with van der Waals surface area (Å²) in [5, 5.41) is 3.65. The van der Waals surface area contributed by atoms with Gasteiger partial charge in [-0.2, -0.15) is 0 Å². The third-order valence-corrected chi connectivity index (χ3v) is 6.21. The highest BCUT2D eigenvalue weighted by Gasteiger charge is 2.22. The number of H-pyrrole nitrogens is 1. The third-order valence-electron chi connectivity index (χ3n) is 5.89. The van der Waals surface area contributed by atoms with Crippen molar-refractivity contribution in [2.45, 2.75) is 71.9 Å². The molecule has 0 saturated heterocycles. The number of benzene rings is 1. The van der Waals surface area contributed by atoms with Gasteiger partial charge in [-0.1, -0.05) is 19.8 Å². The molecule has 2 aromatic rings. The van der Waals surface area contributed by atoms with E-state index in [-0.39, 0.29) is 17.5 Å². The van der Waals surface area contributed by atoms with E-state index in [0.29, 0.717) is 65.7 Å². The van der Waals surface area contributed by atoms with Crippen LogP contribution in [0.2, 0.25) is 0 Å². The second-order valence-corrected chi connectivity index (χ2v) is 8.52. The summed E-state index contributed by atoms with van der Waals surface area (Å²) in [4.78, 5) is 28.6. The van der Waals surface area contributed by atoms with Crippen molar-refractivity contribution in [3.05, 3.63) is 27.3 Å². The minimum atomic E-state index is -0.191. The highest BCUT2D eigenvalue weighted by atomic mass is 32.1. The van der Waals surface area contributed by atoms with Crippen LogP contribution in [-0.4, -0.2) is 34.7 Å². The Bertz CT molecular complexity index is 1030. The zero-order chi connectivity index (χ0) is 22.4. The Morgan fingerprint density at radius 3 is 2.55 bits per heavy atom. The van der Waals surface area contributed by atoms with E-state index in [2.05, 4.69) is 17.2 Å². The topological polar surface area (TPSA) is 85.4 Å². The van der Waals surface area contributed by atoms with Gasteiger partial charge in [0.15, 0.2) is 16.3 Å². The average molecular weight is 448 g/mol. The van der Waals surface area contributed by atoms with Gasteiger partial charge in [0.25, 0.3) is 5.56 Å². The molecule has 2 atom stereocenters. The normalized spacial score (nSPS) is 18.7. The predicted molar refractivity (Wildman–Crippen MR) is 125 cm³/mol. The van der Waals surface area contributed by atoms with Gasteiger partial charge in [0.05, 0.1) is 24.1 Å². The Balaban J connectivity index is 1.73. The fourth-order valence-corrected chi connectivity index (χ4v) is 4.49. The Morgan fingerprint density at radius 2 is 1.87 bits per heavy atom. The summed E-state index contributed by atoms with van der Waals surface area (Å²) in [6.07, 6.45) is 5.55. The SMILES string of the molecule is CCOc1cc2[nH]c(=S)n(CCCC(=O)N[C@@H]3CCCC[C@H]3C)c(=O)c2cc1OCC. The van der Waals surface area contributed by atoms with Crippen LogP contribution in [0.15, 0.2) is 16.9 Å². The van der Waals surface area contributed by atoms with Crippen molar-refractivity contribution < 1.29 is 14.3 Å². The summed E-state index contributed by atoms with van der Waals surface area (Å²) in [7, 11) is 0. The molecular weight excluding hydrogens is 414 g/mol. The monoisotopic (exact) mass is 447 g/mol. The number of nitrogens with zero attached hydrogens (tertiary/aromatic N) is 1. The van der Waals surface area contributed by atoms with Gasteiger partial charge in [-0.05, 0) is 57.3 Å². The molecule has 7 nitrogen and oxygen atoms in total. The lowest BCUT2D eigenvalue weighted by Gasteiger charge is -2.29. The van der Waals surface area contributed by atoms with Crippen molar-refractivity contribution in [2.75, 3.05) is 13.2 Å². The van der Waals surface area contributed by atoms with Crippen molar-refractivity contribution in [1.82, 2.24) is 14.9 Å². The molecule has 1 aliphatic carbocycles. The molecule has 2 N–H and O–H groups in total. The highest BCUT2D eigenvalue weighted by molar-refractivity contribution is 7.71. The number of aromatic amines is 1. The lowest BCUT2D eigenvalue weighted by Crippen LogP contribution is -2.41. The largest absolute Gasteiger partial charge is 0.490 e. The van der Waals surface area contributed by atoms with Crippen molar-refractivity contribution in [3.63, 3.8) is 0 Å². The molecule has 0 aliphatic heterocycles. The fraction of sp³-hybridized carbons (Fsp3) is 0.609. The van der Waals surface area contributed by atoms with Crippen LogP contribution >= 0.6 is 12.2 Å². The molecule has 1 amide bonds. The quantitative estimate of drug-likeness (QED) is 0.559. The van der Waals surface area contributed by atoms with Crippen LogP contribution in [0, 0.1) is 10.7 Å². The molecule has 0 spiro atoms. The van der Waals surface area contributed by atoms with Crippen LogP contribution in [0.1, 0.15) is 59.3 Å². The number of hydrogen-bond donors (Lipinski definition) is 2. The molecule has 0 bridgehead atoms. The molecule has 1 fully saturated rings. The van der Waals surface area contributed by atoms with Crippen molar-refractivity contribution >= 4 is 29.0 Å². The van der Waals surface area contributed by atoms with Crippen molar-refractivity contribution in [3.8, 4) is 11.5 Å². The van der Waals surface area contributed by atoms with Gasteiger partial charge in [0.2, 0.25) is 5.91 Å². The summed E-state index contributed by atoms with van der Waals surface area (Å²) in [5.74, 6) is 1.68. The van der Waals surface area contributed by atoms with Gasteiger partial charge in [-0.15, -0.1) is 0 Å². The fourth-order valence-electron chi connectivity index (χ4n) is 4.21. The second kappa shape index (κ2) is 10.8. The van der Waals surface area contributed by atoms with E-state index in [4.69, 9.17) is 21.7 Å². The van der Waals surface area contributed by atoms with E-state index < -0.39 is 0 Å². The maximum Gasteiger partial charge on any atom is 0.262 e. The number of aromatic nitrogens is 2. The molecule has 8 heteroatoms. The zero-order valence-corrected chi connectivity index (χ0v) is 19.5. The van der Waals surface area contributed by atoms with E-state index >= 15 is 0 Å². The van der Waals surface area contributed by atoms with Crippen molar-refractivity contribution in [1.29, 1.82) is 0 Å². The number of nitrogens with one attached hydrogen (secondary N) is 2. The molecule has 1 heterocycles. The van der Waals surface area contributed by atoms with Gasteiger partial charge in [0, 0.05) is 25.1 Å². The minimum absolute atomic E-state index is 0.0440. The first kappa shape index (κ1) is 23.3. The summed E-state index contributed by atoms with van der Waals surface area (Å²) in [6.45, 7) is 7.32. The summed E-state index contributed by atoms with van der Waals surface area (Å²) < 4.78 is 13.1. The van der Waals surface area contributed by atoms with Crippen LogP contribution in [0.4, 0.5) is 0 Å². The van der Waals surface area contributed by atoms with E-state index in [1.54, 1.807) is 12.1 Å². The van der Waals surface area contributed by atoms with E-state index in [1.165, 1.54) is 23.8 Å². The number of hydrogen-bond acceptors (Lipinski definition) is 5. The minimum Gasteiger partial charge on any atom is -0.490 e. The average Bonchev–Trinajstić information content (AvgIpc) is 2.73. The molecule has 0 radical (unpaired) electrons. The second-order valence-electron chi connectivity index (χ2n) is 8.14. The smallest absolute Gasteiger partial charge is 0.262 e. The third kappa shape index (κ3) is 5.67. The first-order valence-electron chi connectivity index (χ1n) is 11.3. The molecule has 1 aliphatic rings. The molecule has 1 saturated carbocycles. The van der Waals surface area contributed by atoms with E-state index in [0.717, 1.165) is 6.42 Å². The summed E-state index contributed by atoms with van der Waals surface area (Å²) >= 11 is 5.42. The van der Waals surface area contributed by atoms with Gasteiger partial charge < -0.3 is 19.8 Å². The lowest BCUT2D eigenvalue weighted by atomic mass is 9.86. The molecule has 3 rings (SSSR count). The van der Waals surface area contributed by atoms with Crippen LogP contribution < -0.4 is 20.3 Å². The van der Waals surface area contributed by atoms with E-state index in [1.807, 2.05) is 13.8 Å².